The van der Waals surface area contributed by atoms with Gasteiger partial charge in [0.1, 0.15) is 0 Å². The quantitative estimate of drug-likeness (QED) is 0.621. The fourth-order valence-electron chi connectivity index (χ4n) is 2.23. The Morgan fingerprint density at radius 3 is 3.00 bits per heavy atom. The van der Waals surface area contributed by atoms with Gasteiger partial charge in [-0.25, -0.2) is 0 Å². The lowest BCUT2D eigenvalue weighted by molar-refractivity contribution is 0.378. The maximum Gasteiger partial charge on any atom is 0.0201 e. The van der Waals surface area contributed by atoms with Gasteiger partial charge in [0, 0.05) is 11.3 Å². The van der Waals surface area contributed by atoms with Crippen LogP contribution in [0.4, 0.5) is 0 Å². The van der Waals surface area contributed by atoms with E-state index in [1.807, 2.05) is 0 Å². The van der Waals surface area contributed by atoms with Gasteiger partial charge in [0.15, 0.2) is 0 Å². The molecule has 2 rings (SSSR count). The smallest absolute Gasteiger partial charge is 0.0201 e. The number of hydrogen-bond acceptors (Lipinski definition) is 2. The number of fused-ring (bicyclic) bond motifs is 1. The van der Waals surface area contributed by atoms with Crippen LogP contribution in [0.25, 0.3) is 0 Å². The van der Waals surface area contributed by atoms with E-state index in [1.54, 1.807) is 0 Å². The molecular weight excluding hydrogens is 166 g/mol. The first kappa shape index (κ1) is 8.89. The molecule has 1 nitrogen and oxygen atoms in total. The minimum atomic E-state index is 0.841. The van der Waals surface area contributed by atoms with Crippen molar-refractivity contribution in [2.75, 3.05) is 12.3 Å². The zero-order chi connectivity index (χ0) is 8.39. The highest BCUT2D eigenvalue weighted by atomic mass is 32.2. The maximum absolute atomic E-state index is 3.71. The Morgan fingerprint density at radius 2 is 2.08 bits per heavy atom. The van der Waals surface area contributed by atoms with E-state index in [1.165, 1.54) is 38.0 Å². The Bertz CT molecular complexity index is 133. The van der Waals surface area contributed by atoms with Crippen molar-refractivity contribution in [3.8, 4) is 0 Å². The predicted molar refractivity (Wildman–Crippen MR) is 55.7 cm³/mol. The monoisotopic (exact) mass is 185 g/mol. The standard InChI is InChI=1S/C10H19NS/c1-8-6-11-9-4-2-3-5-10(9)12-7-8/h8-11H,2-7H2,1H3. The average molecular weight is 185 g/mol. The van der Waals surface area contributed by atoms with E-state index in [9.17, 15) is 0 Å². The van der Waals surface area contributed by atoms with Gasteiger partial charge in [0.05, 0.1) is 0 Å². The Hall–Kier alpha value is 0.310. The Labute approximate surface area is 79.7 Å². The highest BCUT2D eigenvalue weighted by Crippen LogP contribution is 2.31. The van der Waals surface area contributed by atoms with Crippen LogP contribution in [0.5, 0.6) is 0 Å². The summed E-state index contributed by atoms with van der Waals surface area (Å²) in [7, 11) is 0. The van der Waals surface area contributed by atoms with Gasteiger partial charge < -0.3 is 5.32 Å². The molecule has 3 unspecified atom stereocenters. The Balaban J connectivity index is 1.94. The lowest BCUT2D eigenvalue weighted by Gasteiger charge is -2.29. The van der Waals surface area contributed by atoms with Crippen molar-refractivity contribution in [2.45, 2.75) is 43.9 Å². The van der Waals surface area contributed by atoms with E-state index in [0.29, 0.717) is 0 Å². The van der Waals surface area contributed by atoms with E-state index in [-0.39, 0.29) is 0 Å². The van der Waals surface area contributed by atoms with Crippen LogP contribution in [-0.4, -0.2) is 23.6 Å². The van der Waals surface area contributed by atoms with E-state index < -0.39 is 0 Å². The summed E-state index contributed by atoms with van der Waals surface area (Å²) >= 11 is 2.21. The van der Waals surface area contributed by atoms with Crippen LogP contribution in [-0.2, 0) is 0 Å². The molecule has 12 heavy (non-hydrogen) atoms. The number of rotatable bonds is 0. The summed E-state index contributed by atoms with van der Waals surface area (Å²) < 4.78 is 0. The average Bonchev–Trinajstić information content (AvgIpc) is 2.29. The van der Waals surface area contributed by atoms with Gasteiger partial charge >= 0.3 is 0 Å². The third-order valence-corrected chi connectivity index (χ3v) is 4.78. The summed E-state index contributed by atoms with van der Waals surface area (Å²) in [4.78, 5) is 0. The van der Waals surface area contributed by atoms with Gasteiger partial charge in [-0.2, -0.15) is 11.8 Å². The second kappa shape index (κ2) is 4.01. The molecule has 0 aromatic rings. The minimum Gasteiger partial charge on any atom is -0.313 e. The fourth-order valence-corrected chi connectivity index (χ4v) is 3.72. The summed E-state index contributed by atoms with van der Waals surface area (Å²) in [5.74, 6) is 2.24. The topological polar surface area (TPSA) is 12.0 Å². The van der Waals surface area contributed by atoms with Crippen molar-refractivity contribution in [3.05, 3.63) is 0 Å². The summed E-state index contributed by atoms with van der Waals surface area (Å²) in [6.45, 7) is 3.60. The first-order chi connectivity index (χ1) is 5.86. The molecule has 1 aliphatic heterocycles. The van der Waals surface area contributed by atoms with Gasteiger partial charge in [0.2, 0.25) is 0 Å². The normalized spacial score (nSPS) is 43.2. The van der Waals surface area contributed by atoms with E-state index in [4.69, 9.17) is 0 Å². The largest absolute Gasteiger partial charge is 0.313 e. The molecular formula is C10H19NS. The SMILES string of the molecule is CC1CNC2CCCCC2SC1. The maximum atomic E-state index is 3.71. The van der Waals surface area contributed by atoms with E-state index in [2.05, 4.69) is 24.0 Å². The van der Waals surface area contributed by atoms with Crippen LogP contribution in [0.3, 0.4) is 0 Å². The third kappa shape index (κ3) is 1.97. The van der Waals surface area contributed by atoms with Crippen LogP contribution in [0.2, 0.25) is 0 Å². The molecule has 0 spiro atoms. The molecule has 2 heteroatoms. The summed E-state index contributed by atoms with van der Waals surface area (Å²) in [5.41, 5.74) is 0. The Morgan fingerprint density at radius 1 is 1.25 bits per heavy atom. The summed E-state index contributed by atoms with van der Waals surface area (Å²) in [5, 5.41) is 4.65. The molecule has 1 saturated heterocycles. The molecule has 0 bridgehead atoms. The first-order valence-electron chi connectivity index (χ1n) is 5.21. The van der Waals surface area contributed by atoms with Gasteiger partial charge in [-0.05, 0) is 31.1 Å². The first-order valence-corrected chi connectivity index (χ1v) is 6.26. The van der Waals surface area contributed by atoms with Gasteiger partial charge in [-0.15, -0.1) is 0 Å². The number of thioether (sulfide) groups is 1. The fraction of sp³-hybridized carbons (Fsp3) is 1.00. The molecule has 0 aromatic carbocycles. The summed E-state index contributed by atoms with van der Waals surface area (Å²) in [6, 6.07) is 0.841. The van der Waals surface area contributed by atoms with Crippen LogP contribution in [0.1, 0.15) is 32.6 Å². The van der Waals surface area contributed by atoms with Crippen LogP contribution >= 0.6 is 11.8 Å². The van der Waals surface area contributed by atoms with Crippen molar-refractivity contribution in [1.82, 2.24) is 5.32 Å². The third-order valence-electron chi connectivity index (χ3n) is 3.03. The molecule has 0 aromatic heterocycles. The molecule has 0 radical (unpaired) electrons. The number of nitrogens with one attached hydrogen (secondary N) is 1. The van der Waals surface area contributed by atoms with Crippen LogP contribution < -0.4 is 5.32 Å². The van der Waals surface area contributed by atoms with Crippen molar-refractivity contribution in [1.29, 1.82) is 0 Å². The lowest BCUT2D eigenvalue weighted by atomic mass is 9.94. The lowest BCUT2D eigenvalue weighted by Crippen LogP contribution is -2.39. The van der Waals surface area contributed by atoms with Gasteiger partial charge in [-0.3, -0.25) is 0 Å². The molecule has 1 saturated carbocycles. The molecule has 1 aliphatic carbocycles. The Kier molecular flexibility index (Phi) is 2.97. The van der Waals surface area contributed by atoms with Crippen molar-refractivity contribution in [3.63, 3.8) is 0 Å². The van der Waals surface area contributed by atoms with Crippen molar-refractivity contribution in [2.24, 2.45) is 5.92 Å². The second-order valence-electron chi connectivity index (χ2n) is 4.28. The van der Waals surface area contributed by atoms with Crippen LogP contribution in [0.15, 0.2) is 0 Å². The molecule has 2 fully saturated rings. The zero-order valence-electron chi connectivity index (χ0n) is 7.88. The second-order valence-corrected chi connectivity index (χ2v) is 5.55. The molecule has 2 aliphatic rings. The zero-order valence-corrected chi connectivity index (χ0v) is 8.70. The molecule has 1 N–H and O–H groups in total. The highest BCUT2D eigenvalue weighted by Gasteiger charge is 2.27. The molecule has 0 amide bonds. The predicted octanol–water partition coefficient (Wildman–Crippen LogP) is 2.27. The van der Waals surface area contributed by atoms with E-state index in [0.717, 1.165) is 17.2 Å². The van der Waals surface area contributed by atoms with E-state index >= 15 is 0 Å². The van der Waals surface area contributed by atoms with Crippen molar-refractivity contribution >= 4 is 11.8 Å². The minimum absolute atomic E-state index is 0.841. The van der Waals surface area contributed by atoms with Gasteiger partial charge in [0.25, 0.3) is 0 Å². The molecule has 1 heterocycles. The number of hydrogen-bond donors (Lipinski definition) is 1. The van der Waals surface area contributed by atoms with Crippen molar-refractivity contribution < 1.29 is 0 Å². The molecule has 3 atom stereocenters. The summed E-state index contributed by atoms with van der Waals surface area (Å²) in [6.07, 6.45) is 5.78. The molecule has 70 valence electrons. The van der Waals surface area contributed by atoms with Gasteiger partial charge in [-0.1, -0.05) is 19.8 Å². The highest BCUT2D eigenvalue weighted by molar-refractivity contribution is 7.99. The van der Waals surface area contributed by atoms with Crippen LogP contribution in [0, 0.1) is 5.92 Å².